The Kier molecular flexibility index (Phi) is 17.3. The van der Waals surface area contributed by atoms with Crippen molar-refractivity contribution in [3.63, 3.8) is 0 Å². The number of nitrogens with two attached hydrogens (primary N) is 1. The second-order valence-electron chi connectivity index (χ2n) is 25.3. The van der Waals surface area contributed by atoms with Gasteiger partial charge in [-0.15, -0.1) is 0 Å². The van der Waals surface area contributed by atoms with Crippen molar-refractivity contribution in [2.45, 2.75) is 153 Å². The van der Waals surface area contributed by atoms with Crippen molar-refractivity contribution in [1.29, 1.82) is 0 Å². The number of Topliss-reactive ketones (excluding diaryl/α,β-unsaturated/α-hetero) is 1. The Bertz CT molecular complexity index is 2660. The number of allylic oxidation sites excluding steroid dienone is 3. The van der Waals surface area contributed by atoms with Crippen LogP contribution in [0.4, 0.5) is 0 Å². The van der Waals surface area contributed by atoms with E-state index in [1.54, 1.807) is 24.3 Å². The van der Waals surface area contributed by atoms with E-state index in [0.29, 0.717) is 84.6 Å². The second-order valence-corrected chi connectivity index (χ2v) is 25.3. The number of aliphatic hydroxyl groups is 1. The summed E-state index contributed by atoms with van der Waals surface area (Å²) >= 11 is 0. The Morgan fingerprint density at radius 1 is 0.896 bits per heavy atom. The van der Waals surface area contributed by atoms with Gasteiger partial charge in [-0.05, 0) is 231 Å². The van der Waals surface area contributed by atoms with Crippen LogP contribution in [-0.4, -0.2) is 79.4 Å². The van der Waals surface area contributed by atoms with E-state index in [9.17, 15) is 19.8 Å². The number of rotatable bonds is 21. The normalized spacial score (nSPS) is 32.1. The summed E-state index contributed by atoms with van der Waals surface area (Å²) in [4.78, 5) is 28.3. The number of phenols is 1. The number of methoxy groups -OCH3 is 1. The number of ether oxygens (including phenoxy) is 1. The molecule has 10 heteroatoms. The summed E-state index contributed by atoms with van der Waals surface area (Å²) in [6, 6.07) is 23.9. The zero-order valence-electron chi connectivity index (χ0n) is 46.0. The van der Waals surface area contributed by atoms with Crippen molar-refractivity contribution in [2.24, 2.45) is 64.4 Å². The standard InChI is InChI=1S/C67H89N5O5/c1-77-64-34-48(51(33-62(64)75)30-53-41-72-65(68)35-49(53)20-19-45-13-8-12-44(28-45)18-17-43-10-4-2-5-11-43)21-23-56(73)37-57(74)32-52-38-67(39-59-58-25-27-69-40-54(58)29-50-16-9-26-70-66(50)59)55-31-47(52)22-24-60(67)61(36-55)71-42-63(76)46-14-6-3-7-15-46/h2,4-5,8-13,16,21,23,28,33-35,41,46-47,50,52,54-55,58-61,63,65-66,69-72,75-76H,3,6-7,14-15,17-20,22,24-27,29-32,36-40,42,68H2,1H3/b23-21+/t47-,50+,52-,54+,55-,58-,59+,60+,61-,63+,65?,66-,67+/m1/s1. The molecule has 0 amide bonds. The molecular formula is C67H89N5O5. The molecule has 3 heterocycles. The highest BCUT2D eigenvalue weighted by atomic mass is 16.5. The van der Waals surface area contributed by atoms with Crippen LogP contribution in [0.1, 0.15) is 131 Å². The SMILES string of the molecule is COc1cc(/C=C/C(=O)CC(=O)C[C@@H]2C[C@]3(C[C@H]4[C@@H]5CCNC[C@@H]5C[C@@H]5C=CCN[C@@H]45)[C@@H]4C[C@H]2CC[C@H]3[C@H](NC[C@H](O)C2CCCCC2)C4)c(CC2=CNC(N)C=C2CCc2cccc(CCc3ccccc3)c2)cc1O. The minimum absolute atomic E-state index is 0.0360. The molecule has 9 aliphatic rings. The fraction of sp³-hybridized carbons (Fsp3) is 0.582. The van der Waals surface area contributed by atoms with Gasteiger partial charge in [0.05, 0.1) is 25.8 Å². The van der Waals surface area contributed by atoms with E-state index < -0.39 is 0 Å². The number of carbonyl (C=O) groups excluding carboxylic acids is 2. The van der Waals surface area contributed by atoms with Crippen molar-refractivity contribution in [3.05, 3.63) is 136 Å². The molecule has 1 unspecified atom stereocenters. The Hall–Kier alpha value is -4.84. The minimum Gasteiger partial charge on any atom is -0.504 e. The third kappa shape index (κ3) is 12.5. The van der Waals surface area contributed by atoms with Crippen LogP contribution >= 0.6 is 0 Å². The Labute approximate surface area is 459 Å². The van der Waals surface area contributed by atoms with Crippen LogP contribution < -0.4 is 31.7 Å². The maximum absolute atomic E-state index is 14.4. The smallest absolute Gasteiger partial charge is 0.163 e. The third-order valence-electron chi connectivity index (χ3n) is 20.9. The van der Waals surface area contributed by atoms with Crippen LogP contribution in [0.2, 0.25) is 0 Å². The summed E-state index contributed by atoms with van der Waals surface area (Å²) in [5, 5.41) is 37.8. The van der Waals surface area contributed by atoms with E-state index >= 15 is 0 Å². The van der Waals surface area contributed by atoms with Gasteiger partial charge >= 0.3 is 0 Å². The quantitative estimate of drug-likeness (QED) is 0.0311. The molecule has 412 valence electrons. The monoisotopic (exact) mass is 1040 g/mol. The van der Waals surface area contributed by atoms with Gasteiger partial charge in [0.2, 0.25) is 0 Å². The number of benzene rings is 3. The molecule has 77 heavy (non-hydrogen) atoms. The molecule has 4 bridgehead atoms. The summed E-state index contributed by atoms with van der Waals surface area (Å²) < 4.78 is 5.58. The highest BCUT2D eigenvalue weighted by Gasteiger charge is 2.62. The molecule has 0 spiro atoms. The van der Waals surface area contributed by atoms with Gasteiger partial charge in [0.25, 0.3) is 0 Å². The summed E-state index contributed by atoms with van der Waals surface area (Å²) in [5.74, 6) is 5.16. The molecule has 6 aliphatic carbocycles. The van der Waals surface area contributed by atoms with Crippen molar-refractivity contribution >= 4 is 17.6 Å². The van der Waals surface area contributed by atoms with Gasteiger partial charge in [0, 0.05) is 37.8 Å². The molecular weight excluding hydrogens is 955 g/mol. The van der Waals surface area contributed by atoms with Crippen LogP contribution in [0, 0.1) is 58.7 Å². The molecule has 0 aromatic heterocycles. The number of hydrogen-bond acceptors (Lipinski definition) is 10. The van der Waals surface area contributed by atoms with Crippen LogP contribution in [0.3, 0.4) is 0 Å². The number of phenolic OH excluding ortho intramolecular Hbond substituents is 1. The lowest BCUT2D eigenvalue weighted by atomic mass is 9.52. The number of piperidine rings is 1. The fourth-order valence-corrected chi connectivity index (χ4v) is 17.2. The molecule has 0 radical (unpaired) electrons. The summed E-state index contributed by atoms with van der Waals surface area (Å²) in [5.41, 5.74) is 14.4. The van der Waals surface area contributed by atoms with Crippen LogP contribution in [0.5, 0.6) is 11.5 Å². The zero-order valence-corrected chi connectivity index (χ0v) is 46.0. The molecule has 10 nitrogen and oxygen atoms in total. The number of ketones is 2. The lowest BCUT2D eigenvalue weighted by Gasteiger charge is -2.55. The molecule has 1 saturated heterocycles. The highest BCUT2D eigenvalue weighted by Crippen LogP contribution is 2.67. The predicted octanol–water partition coefficient (Wildman–Crippen LogP) is 10.1. The largest absolute Gasteiger partial charge is 0.504 e. The maximum atomic E-state index is 14.4. The summed E-state index contributed by atoms with van der Waals surface area (Å²) in [7, 11) is 1.54. The van der Waals surface area contributed by atoms with E-state index in [4.69, 9.17) is 10.5 Å². The topological polar surface area (TPSA) is 158 Å². The zero-order chi connectivity index (χ0) is 52.9. The predicted molar refractivity (Wildman–Crippen MR) is 308 cm³/mol. The van der Waals surface area contributed by atoms with Gasteiger partial charge in [-0.25, -0.2) is 0 Å². The first kappa shape index (κ1) is 54.1. The molecule has 12 rings (SSSR count). The van der Waals surface area contributed by atoms with Crippen molar-refractivity contribution in [2.75, 3.05) is 33.3 Å². The average Bonchev–Trinajstić information content (AvgIpc) is 3.71. The van der Waals surface area contributed by atoms with Gasteiger partial charge < -0.3 is 42.0 Å². The van der Waals surface area contributed by atoms with Gasteiger partial charge in [-0.2, -0.15) is 0 Å². The van der Waals surface area contributed by atoms with Crippen LogP contribution in [0.15, 0.2) is 108 Å². The van der Waals surface area contributed by atoms with Gasteiger partial charge in [0.15, 0.2) is 17.3 Å². The number of aliphatic hydroxyl groups excluding tert-OH is 1. The first-order valence-electron chi connectivity index (χ1n) is 30.3. The number of dihydropyridines is 1. The molecule has 3 aliphatic heterocycles. The first-order chi connectivity index (χ1) is 37.6. The van der Waals surface area contributed by atoms with E-state index in [1.807, 2.05) is 6.20 Å². The number of carbonyl (C=O) groups is 2. The van der Waals surface area contributed by atoms with Crippen LogP contribution in [-0.2, 0) is 35.3 Å². The number of nitrogens with one attached hydrogen (secondary N) is 4. The van der Waals surface area contributed by atoms with Crippen molar-refractivity contribution in [3.8, 4) is 11.5 Å². The van der Waals surface area contributed by atoms with E-state index in [-0.39, 0.29) is 47.3 Å². The Balaban J connectivity index is 0.767. The van der Waals surface area contributed by atoms with E-state index in [2.05, 4.69) is 94.1 Å². The lowest BCUT2D eigenvalue weighted by Crippen LogP contribution is -2.58. The van der Waals surface area contributed by atoms with Crippen LogP contribution in [0.25, 0.3) is 6.08 Å². The fourth-order valence-electron chi connectivity index (χ4n) is 17.2. The summed E-state index contributed by atoms with van der Waals surface area (Å²) in [6.07, 6.45) is 31.8. The number of hydrogen-bond donors (Lipinski definition) is 7. The molecule has 13 atom stereocenters. The van der Waals surface area contributed by atoms with Crippen molar-refractivity contribution in [1.82, 2.24) is 21.3 Å². The van der Waals surface area contributed by atoms with Gasteiger partial charge in [-0.3, -0.25) is 9.59 Å². The lowest BCUT2D eigenvalue weighted by molar-refractivity contribution is -0.126. The molecule has 7 fully saturated rings. The molecule has 8 N–H and O–H groups in total. The number of fused-ring (bicyclic) bond motifs is 4. The maximum Gasteiger partial charge on any atom is 0.163 e. The first-order valence-corrected chi connectivity index (χ1v) is 30.3. The molecule has 6 saturated carbocycles. The van der Waals surface area contributed by atoms with E-state index in [0.717, 1.165) is 93.3 Å². The Morgan fingerprint density at radius 2 is 1.70 bits per heavy atom. The third-order valence-corrected chi connectivity index (χ3v) is 20.9. The van der Waals surface area contributed by atoms with Gasteiger partial charge in [-0.1, -0.05) is 92.1 Å². The highest BCUT2D eigenvalue weighted by molar-refractivity contribution is 6.06. The Morgan fingerprint density at radius 3 is 2.53 bits per heavy atom. The molecule has 3 aromatic carbocycles. The average molecular weight is 1040 g/mol. The number of aromatic hydroxyl groups is 1. The van der Waals surface area contributed by atoms with Crippen molar-refractivity contribution < 1.29 is 24.5 Å². The van der Waals surface area contributed by atoms with E-state index in [1.165, 1.54) is 81.6 Å². The second kappa shape index (κ2) is 24.7. The molecule has 3 aromatic rings. The summed E-state index contributed by atoms with van der Waals surface area (Å²) in [6.45, 7) is 3.88. The van der Waals surface area contributed by atoms with Gasteiger partial charge in [0.1, 0.15) is 5.78 Å². The minimum atomic E-state index is -0.304. The number of aryl methyl sites for hydroxylation is 3.